The van der Waals surface area contributed by atoms with Crippen LogP contribution in [0.2, 0.25) is 0 Å². The van der Waals surface area contributed by atoms with Crippen molar-refractivity contribution in [3.63, 3.8) is 0 Å². The highest BCUT2D eigenvalue weighted by Crippen LogP contribution is 2.40. The molecular weight excluding hydrogens is 232 g/mol. The predicted molar refractivity (Wildman–Crippen MR) is 84.4 cm³/mol. The van der Waals surface area contributed by atoms with Gasteiger partial charge in [-0.05, 0) is 62.9 Å². The van der Waals surface area contributed by atoms with Gasteiger partial charge in [0.25, 0.3) is 0 Å². The summed E-state index contributed by atoms with van der Waals surface area (Å²) in [6.45, 7) is 12.9. The van der Waals surface area contributed by atoms with Crippen molar-refractivity contribution in [1.29, 1.82) is 0 Å². The molecule has 0 aromatic heterocycles. The molecule has 0 saturated carbocycles. The van der Waals surface area contributed by atoms with Crippen molar-refractivity contribution in [2.45, 2.75) is 53.1 Å². The third-order valence-electron chi connectivity index (χ3n) is 4.10. The maximum absolute atomic E-state index is 5.84. The Kier molecular flexibility index (Phi) is 3.73. The zero-order valence-corrected chi connectivity index (χ0v) is 12.9. The van der Waals surface area contributed by atoms with E-state index >= 15 is 0 Å². The molecule has 19 heavy (non-hydrogen) atoms. The van der Waals surface area contributed by atoms with E-state index in [0.29, 0.717) is 6.54 Å². The minimum atomic E-state index is 0.0871. The first-order valence-electron chi connectivity index (χ1n) is 7.21. The molecule has 1 aromatic rings. The number of hydrogen-bond acceptors (Lipinski definition) is 2. The van der Waals surface area contributed by atoms with Gasteiger partial charge in [0.1, 0.15) is 0 Å². The van der Waals surface area contributed by atoms with Crippen LogP contribution >= 0.6 is 0 Å². The Bertz CT molecular complexity index is 512. The molecule has 0 aliphatic carbocycles. The van der Waals surface area contributed by atoms with E-state index in [-0.39, 0.29) is 5.54 Å². The molecule has 0 radical (unpaired) electrons. The monoisotopic (exact) mass is 258 g/mol. The summed E-state index contributed by atoms with van der Waals surface area (Å²) in [6.07, 6.45) is 3.54. The molecule has 2 heteroatoms. The van der Waals surface area contributed by atoms with Crippen LogP contribution in [0.25, 0.3) is 5.57 Å². The minimum absolute atomic E-state index is 0.0871. The number of allylic oxidation sites excluding steroid dienone is 1. The van der Waals surface area contributed by atoms with Gasteiger partial charge in [0, 0.05) is 24.3 Å². The fraction of sp³-hybridized carbons (Fsp3) is 0.529. The molecule has 2 N–H and O–H groups in total. The Morgan fingerprint density at radius 1 is 1.21 bits per heavy atom. The molecule has 0 unspecified atom stereocenters. The number of hydrogen-bond donors (Lipinski definition) is 1. The Morgan fingerprint density at radius 3 is 2.47 bits per heavy atom. The lowest BCUT2D eigenvalue weighted by Gasteiger charge is -2.43. The lowest BCUT2D eigenvalue weighted by molar-refractivity contribution is 0.550. The van der Waals surface area contributed by atoms with E-state index in [1.165, 1.54) is 28.0 Å². The third-order valence-corrected chi connectivity index (χ3v) is 4.10. The van der Waals surface area contributed by atoms with Crippen molar-refractivity contribution in [1.82, 2.24) is 0 Å². The molecule has 1 aromatic carbocycles. The van der Waals surface area contributed by atoms with E-state index in [4.69, 9.17) is 5.73 Å². The second-order valence-electron chi connectivity index (χ2n) is 6.13. The predicted octanol–water partition coefficient (Wildman–Crippen LogP) is 3.87. The SMILES string of the molecule is CCCN1c2cc(C)c(CN)cc2C(C)=CC1(C)C. The highest BCUT2D eigenvalue weighted by molar-refractivity contribution is 5.82. The largest absolute Gasteiger partial charge is 0.362 e. The van der Waals surface area contributed by atoms with Gasteiger partial charge in [0.05, 0.1) is 5.54 Å². The number of anilines is 1. The van der Waals surface area contributed by atoms with Crippen LogP contribution in [0.3, 0.4) is 0 Å². The molecule has 0 fully saturated rings. The van der Waals surface area contributed by atoms with E-state index in [9.17, 15) is 0 Å². The van der Waals surface area contributed by atoms with Gasteiger partial charge in [-0.25, -0.2) is 0 Å². The quantitative estimate of drug-likeness (QED) is 0.892. The van der Waals surface area contributed by atoms with Crippen LogP contribution < -0.4 is 10.6 Å². The van der Waals surface area contributed by atoms with E-state index in [2.05, 4.69) is 57.7 Å². The van der Waals surface area contributed by atoms with Crippen molar-refractivity contribution >= 4 is 11.3 Å². The third kappa shape index (κ3) is 2.42. The van der Waals surface area contributed by atoms with E-state index in [1.807, 2.05) is 0 Å². The fourth-order valence-corrected chi connectivity index (χ4v) is 3.12. The van der Waals surface area contributed by atoms with E-state index in [1.54, 1.807) is 0 Å². The summed E-state index contributed by atoms with van der Waals surface area (Å²) in [6, 6.07) is 4.58. The summed E-state index contributed by atoms with van der Waals surface area (Å²) < 4.78 is 0. The van der Waals surface area contributed by atoms with Gasteiger partial charge in [-0.2, -0.15) is 0 Å². The first kappa shape index (κ1) is 14.1. The zero-order valence-electron chi connectivity index (χ0n) is 12.9. The van der Waals surface area contributed by atoms with Crippen molar-refractivity contribution in [2.75, 3.05) is 11.4 Å². The number of benzene rings is 1. The first-order chi connectivity index (χ1) is 8.90. The molecular formula is C17H26N2. The van der Waals surface area contributed by atoms with Crippen LogP contribution in [0.15, 0.2) is 18.2 Å². The van der Waals surface area contributed by atoms with Gasteiger partial charge >= 0.3 is 0 Å². The molecule has 1 heterocycles. The van der Waals surface area contributed by atoms with Gasteiger partial charge in [0.2, 0.25) is 0 Å². The number of nitrogens with two attached hydrogens (primary N) is 1. The maximum Gasteiger partial charge on any atom is 0.0534 e. The summed E-state index contributed by atoms with van der Waals surface area (Å²) in [4.78, 5) is 2.52. The lowest BCUT2D eigenvalue weighted by Crippen LogP contribution is -2.45. The van der Waals surface area contributed by atoms with Crippen LogP contribution in [0.4, 0.5) is 5.69 Å². The second-order valence-corrected chi connectivity index (χ2v) is 6.13. The average molecular weight is 258 g/mol. The number of nitrogens with zero attached hydrogens (tertiary/aromatic N) is 1. The summed E-state index contributed by atoms with van der Waals surface area (Å²) in [7, 11) is 0. The summed E-state index contributed by atoms with van der Waals surface area (Å²) in [5.74, 6) is 0. The van der Waals surface area contributed by atoms with Gasteiger partial charge in [-0.1, -0.05) is 13.0 Å². The standard InChI is InChI=1S/C17H26N2/c1-6-7-19-16-8-12(2)14(11-18)9-15(16)13(3)10-17(19,4)5/h8-10H,6-7,11,18H2,1-5H3. The fourth-order valence-electron chi connectivity index (χ4n) is 3.12. The molecule has 0 saturated heterocycles. The minimum Gasteiger partial charge on any atom is -0.362 e. The van der Waals surface area contributed by atoms with E-state index in [0.717, 1.165) is 13.0 Å². The molecule has 1 aliphatic rings. The van der Waals surface area contributed by atoms with Gasteiger partial charge in [-0.3, -0.25) is 0 Å². The lowest BCUT2D eigenvalue weighted by atomic mass is 9.86. The van der Waals surface area contributed by atoms with Crippen LogP contribution in [0, 0.1) is 6.92 Å². The van der Waals surface area contributed by atoms with Crippen LogP contribution in [-0.2, 0) is 6.54 Å². The highest BCUT2D eigenvalue weighted by atomic mass is 15.2. The molecule has 0 bridgehead atoms. The Labute approximate surface area is 117 Å². The van der Waals surface area contributed by atoms with Crippen LogP contribution in [0.1, 0.15) is 50.8 Å². The van der Waals surface area contributed by atoms with Crippen molar-refractivity contribution < 1.29 is 0 Å². The molecule has 104 valence electrons. The molecule has 2 rings (SSSR count). The molecule has 1 aliphatic heterocycles. The van der Waals surface area contributed by atoms with Crippen molar-refractivity contribution in [3.8, 4) is 0 Å². The Morgan fingerprint density at radius 2 is 1.89 bits per heavy atom. The van der Waals surface area contributed by atoms with Crippen molar-refractivity contribution in [3.05, 3.63) is 34.9 Å². The smallest absolute Gasteiger partial charge is 0.0534 e. The number of rotatable bonds is 3. The van der Waals surface area contributed by atoms with Gasteiger partial charge in [0.15, 0.2) is 0 Å². The van der Waals surface area contributed by atoms with E-state index < -0.39 is 0 Å². The van der Waals surface area contributed by atoms with Crippen molar-refractivity contribution in [2.24, 2.45) is 5.73 Å². The second kappa shape index (κ2) is 5.01. The molecule has 2 nitrogen and oxygen atoms in total. The maximum atomic E-state index is 5.84. The average Bonchev–Trinajstić information content (AvgIpc) is 2.33. The number of fused-ring (bicyclic) bond motifs is 1. The Hall–Kier alpha value is -1.28. The summed E-state index contributed by atoms with van der Waals surface area (Å²) in [5.41, 5.74) is 12.6. The molecule has 0 atom stereocenters. The molecule has 0 spiro atoms. The number of aryl methyl sites for hydroxylation is 1. The van der Waals surface area contributed by atoms with Crippen LogP contribution in [0.5, 0.6) is 0 Å². The summed E-state index contributed by atoms with van der Waals surface area (Å²) >= 11 is 0. The molecule has 0 amide bonds. The summed E-state index contributed by atoms with van der Waals surface area (Å²) in [5, 5.41) is 0. The topological polar surface area (TPSA) is 29.3 Å². The van der Waals surface area contributed by atoms with Crippen LogP contribution in [-0.4, -0.2) is 12.1 Å². The first-order valence-corrected chi connectivity index (χ1v) is 7.21. The van der Waals surface area contributed by atoms with Gasteiger partial charge in [-0.15, -0.1) is 0 Å². The van der Waals surface area contributed by atoms with Gasteiger partial charge < -0.3 is 10.6 Å². The zero-order chi connectivity index (χ0) is 14.2. The highest BCUT2D eigenvalue weighted by Gasteiger charge is 2.30. The Balaban J connectivity index is 2.62. The normalized spacial score (nSPS) is 17.2.